The summed E-state index contributed by atoms with van der Waals surface area (Å²) in [5.41, 5.74) is 2.96. The minimum absolute atomic E-state index is 0.0919. The lowest BCUT2D eigenvalue weighted by Crippen LogP contribution is -2.58. The molecule has 2 rings (SSSR count). The summed E-state index contributed by atoms with van der Waals surface area (Å²) in [5, 5.41) is 2.13. The third-order valence-corrected chi connectivity index (χ3v) is 6.67. The molecule has 0 spiro atoms. The van der Waals surface area contributed by atoms with Crippen LogP contribution in [0.25, 0.3) is 0 Å². The number of nitrogens with zero attached hydrogens (tertiary/aromatic N) is 2. The zero-order valence-corrected chi connectivity index (χ0v) is 17.2. The van der Waals surface area contributed by atoms with Gasteiger partial charge in [-0.25, -0.2) is 18.1 Å². The molecular weight excluding hydrogens is 419 g/mol. The summed E-state index contributed by atoms with van der Waals surface area (Å²) in [7, 11) is 0.349. The van der Waals surface area contributed by atoms with E-state index in [0.29, 0.717) is 0 Å². The Labute approximate surface area is 167 Å². The molecule has 1 aliphatic heterocycles. The number of nitrogens with one attached hydrogen (secondary N) is 2. The molecule has 2 amide bonds. The van der Waals surface area contributed by atoms with Crippen LogP contribution in [0, 0.1) is 0 Å². The molecule has 1 saturated heterocycles. The van der Waals surface area contributed by atoms with Gasteiger partial charge in [-0.3, -0.25) is 14.6 Å². The van der Waals surface area contributed by atoms with E-state index in [2.05, 4.69) is 10.7 Å². The maximum absolute atomic E-state index is 12.4. The summed E-state index contributed by atoms with van der Waals surface area (Å²) in [6.07, 6.45) is 0. The SMILES string of the molecule is COc1ccc(NC(=O)CN2NCC(Cl)C(Cl)C2=O)cc1S(=O)(=O)N(C)C. The van der Waals surface area contributed by atoms with Crippen molar-refractivity contribution in [3.63, 3.8) is 0 Å². The molecule has 1 aromatic carbocycles. The molecule has 9 nitrogen and oxygen atoms in total. The van der Waals surface area contributed by atoms with Crippen molar-refractivity contribution in [3.8, 4) is 5.75 Å². The highest BCUT2D eigenvalue weighted by atomic mass is 35.5. The lowest BCUT2D eigenvalue weighted by atomic mass is 10.2. The van der Waals surface area contributed by atoms with Crippen LogP contribution in [0.1, 0.15) is 0 Å². The van der Waals surface area contributed by atoms with E-state index in [9.17, 15) is 18.0 Å². The monoisotopic (exact) mass is 438 g/mol. The molecule has 12 heteroatoms. The van der Waals surface area contributed by atoms with Gasteiger partial charge in [-0.05, 0) is 18.2 Å². The molecule has 0 radical (unpaired) electrons. The minimum atomic E-state index is -3.78. The van der Waals surface area contributed by atoms with Crippen LogP contribution < -0.4 is 15.5 Å². The number of ether oxygens (including phenoxy) is 1. The number of rotatable bonds is 6. The third kappa shape index (κ3) is 4.82. The number of benzene rings is 1. The second-order valence-electron chi connectivity index (χ2n) is 5.91. The normalized spacial score (nSPS) is 20.7. The highest BCUT2D eigenvalue weighted by Gasteiger charge is 2.35. The van der Waals surface area contributed by atoms with Gasteiger partial charge < -0.3 is 10.1 Å². The van der Waals surface area contributed by atoms with Gasteiger partial charge in [-0.1, -0.05) is 0 Å². The molecule has 150 valence electrons. The quantitative estimate of drug-likeness (QED) is 0.624. The van der Waals surface area contributed by atoms with Crippen LogP contribution in [-0.2, 0) is 19.6 Å². The van der Waals surface area contributed by atoms with E-state index in [0.717, 1.165) is 9.31 Å². The Morgan fingerprint density at radius 1 is 1.41 bits per heavy atom. The van der Waals surface area contributed by atoms with E-state index in [1.807, 2.05) is 0 Å². The zero-order valence-electron chi connectivity index (χ0n) is 14.9. The summed E-state index contributed by atoms with van der Waals surface area (Å²) in [6.45, 7) is -0.0735. The van der Waals surface area contributed by atoms with E-state index in [1.165, 1.54) is 39.4 Å². The highest BCUT2D eigenvalue weighted by Crippen LogP contribution is 2.28. The number of hydrazine groups is 1. The summed E-state index contributed by atoms with van der Waals surface area (Å²) in [5.74, 6) is -0.900. The van der Waals surface area contributed by atoms with Crippen molar-refractivity contribution in [2.24, 2.45) is 0 Å². The number of carbonyl (C=O) groups is 2. The molecule has 2 atom stereocenters. The molecule has 1 aromatic rings. The van der Waals surface area contributed by atoms with Crippen LogP contribution in [-0.4, -0.2) is 74.6 Å². The van der Waals surface area contributed by atoms with Gasteiger partial charge in [0.05, 0.1) is 12.5 Å². The summed E-state index contributed by atoms with van der Waals surface area (Å²) < 4.78 is 31.0. The Morgan fingerprint density at radius 3 is 2.67 bits per heavy atom. The maximum atomic E-state index is 12.4. The molecule has 27 heavy (non-hydrogen) atoms. The highest BCUT2D eigenvalue weighted by molar-refractivity contribution is 7.89. The standard InChI is InChI=1S/C15H20Cl2N4O5S/c1-20(2)27(24,25)12-6-9(4-5-11(12)26-3)19-13(22)8-21-15(23)14(17)10(16)7-18-21/h4-6,10,14,18H,7-8H2,1-3H3,(H,19,22). The first-order chi connectivity index (χ1) is 12.6. The number of hydrogen-bond acceptors (Lipinski definition) is 6. The van der Waals surface area contributed by atoms with Crippen molar-refractivity contribution in [2.75, 3.05) is 39.6 Å². The van der Waals surface area contributed by atoms with Gasteiger partial charge in [0.2, 0.25) is 15.9 Å². The first kappa shape index (κ1) is 21.7. The molecule has 1 aliphatic rings. The van der Waals surface area contributed by atoms with E-state index in [1.54, 1.807) is 0 Å². The predicted molar refractivity (Wildman–Crippen MR) is 101 cm³/mol. The average Bonchev–Trinajstić information content (AvgIpc) is 2.62. The molecule has 2 unspecified atom stereocenters. The van der Waals surface area contributed by atoms with E-state index in [4.69, 9.17) is 27.9 Å². The summed E-state index contributed by atoms with van der Waals surface area (Å²) >= 11 is 11.8. The van der Waals surface area contributed by atoms with Gasteiger partial charge in [0.25, 0.3) is 5.91 Å². The third-order valence-electron chi connectivity index (χ3n) is 3.80. The number of amides is 2. The minimum Gasteiger partial charge on any atom is -0.495 e. The van der Waals surface area contributed by atoms with Gasteiger partial charge in [0, 0.05) is 26.3 Å². The number of anilines is 1. The Morgan fingerprint density at radius 2 is 2.07 bits per heavy atom. The van der Waals surface area contributed by atoms with Crippen LogP contribution in [0.3, 0.4) is 0 Å². The van der Waals surface area contributed by atoms with Crippen molar-refractivity contribution >= 4 is 50.7 Å². The fourth-order valence-electron chi connectivity index (χ4n) is 2.31. The first-order valence-corrected chi connectivity index (χ1v) is 10.1. The molecule has 0 aromatic heterocycles. The lowest BCUT2D eigenvalue weighted by Gasteiger charge is -2.32. The van der Waals surface area contributed by atoms with Gasteiger partial charge >= 0.3 is 0 Å². The van der Waals surface area contributed by atoms with Crippen molar-refractivity contribution in [3.05, 3.63) is 18.2 Å². The zero-order chi connectivity index (χ0) is 20.4. The van der Waals surface area contributed by atoms with Crippen LogP contribution in [0.15, 0.2) is 23.1 Å². The van der Waals surface area contributed by atoms with Gasteiger partial charge in [-0.15, -0.1) is 23.2 Å². The van der Waals surface area contributed by atoms with Crippen LogP contribution >= 0.6 is 23.2 Å². The predicted octanol–water partition coefficient (Wildman–Crippen LogP) is 0.446. The topological polar surface area (TPSA) is 108 Å². The van der Waals surface area contributed by atoms with Crippen LogP contribution in [0.5, 0.6) is 5.75 Å². The molecule has 0 aliphatic carbocycles. The van der Waals surface area contributed by atoms with Gasteiger partial charge in [0.1, 0.15) is 22.6 Å². The second-order valence-corrected chi connectivity index (χ2v) is 9.06. The fraction of sp³-hybridized carbons (Fsp3) is 0.467. The van der Waals surface area contributed by atoms with Crippen molar-refractivity contribution in [1.29, 1.82) is 0 Å². The Kier molecular flexibility index (Phi) is 6.92. The molecule has 1 fully saturated rings. The maximum Gasteiger partial charge on any atom is 0.256 e. The van der Waals surface area contributed by atoms with E-state index < -0.39 is 32.6 Å². The largest absolute Gasteiger partial charge is 0.495 e. The number of sulfonamides is 1. The molecule has 0 bridgehead atoms. The average molecular weight is 439 g/mol. The van der Waals surface area contributed by atoms with Crippen molar-refractivity contribution < 1.29 is 22.7 Å². The Hall–Kier alpha value is -1.59. The summed E-state index contributed by atoms with van der Waals surface area (Å²) in [6, 6.07) is 4.22. The number of carbonyl (C=O) groups excluding carboxylic acids is 2. The summed E-state index contributed by atoms with van der Waals surface area (Å²) in [4.78, 5) is 24.2. The van der Waals surface area contributed by atoms with E-state index >= 15 is 0 Å². The van der Waals surface area contributed by atoms with Crippen molar-refractivity contribution in [2.45, 2.75) is 15.6 Å². The van der Waals surface area contributed by atoms with Gasteiger partial charge in [-0.2, -0.15) is 0 Å². The Bertz CT molecular complexity index is 833. The molecule has 1 heterocycles. The van der Waals surface area contributed by atoms with Crippen LogP contribution in [0.2, 0.25) is 0 Å². The number of hydrogen-bond donors (Lipinski definition) is 2. The van der Waals surface area contributed by atoms with E-state index in [-0.39, 0.29) is 29.4 Å². The van der Waals surface area contributed by atoms with Crippen molar-refractivity contribution in [1.82, 2.24) is 14.7 Å². The fourth-order valence-corrected chi connectivity index (χ4v) is 3.77. The van der Waals surface area contributed by atoms with Crippen LogP contribution in [0.4, 0.5) is 5.69 Å². The molecular formula is C15H20Cl2N4O5S. The number of methoxy groups -OCH3 is 1. The smallest absolute Gasteiger partial charge is 0.256 e. The van der Waals surface area contributed by atoms with Gasteiger partial charge in [0.15, 0.2) is 0 Å². The number of alkyl halides is 2. The lowest BCUT2D eigenvalue weighted by molar-refractivity contribution is -0.139. The molecule has 0 saturated carbocycles. The second kappa shape index (κ2) is 8.61. The Balaban J connectivity index is 2.16. The number of halogens is 2. The molecule has 2 N–H and O–H groups in total. The first-order valence-electron chi connectivity index (χ1n) is 7.81.